The quantitative estimate of drug-likeness (QED) is 0.191. The van der Waals surface area contributed by atoms with Crippen LogP contribution in [0.1, 0.15) is 67.3 Å². The number of ketones is 1. The van der Waals surface area contributed by atoms with E-state index in [0.29, 0.717) is 57.6 Å². The number of benzene rings is 2. The van der Waals surface area contributed by atoms with Crippen LogP contribution in [-0.4, -0.2) is 65.1 Å². The van der Waals surface area contributed by atoms with Crippen LogP contribution < -0.4 is 10.2 Å². The topological polar surface area (TPSA) is 97.3 Å². The normalized spacial score (nSPS) is 11.4. The Morgan fingerprint density at radius 1 is 0.833 bits per heavy atom. The summed E-state index contributed by atoms with van der Waals surface area (Å²) < 4.78 is 17.6. The van der Waals surface area contributed by atoms with Gasteiger partial charge in [0, 0.05) is 51.1 Å². The Balaban J connectivity index is 2.17. The molecule has 9 heteroatoms. The second-order valence-electron chi connectivity index (χ2n) is 8.06. The number of aromatic hydroxyl groups is 1. The zero-order valence-electron chi connectivity index (χ0n) is 22.1. The van der Waals surface area contributed by atoms with Crippen molar-refractivity contribution >= 4 is 26.2 Å². The van der Waals surface area contributed by atoms with E-state index >= 15 is 0 Å². The molecule has 0 saturated heterocycles. The molecule has 0 aliphatic rings. The minimum absolute atomic E-state index is 0.0783. The van der Waals surface area contributed by atoms with Crippen molar-refractivity contribution < 1.29 is 28.0 Å². The molecular weight excluding hydrogens is 476 g/mol. The smallest absolute Gasteiger partial charge is 0.500 e. The van der Waals surface area contributed by atoms with Gasteiger partial charge in [0.15, 0.2) is 5.78 Å². The van der Waals surface area contributed by atoms with E-state index in [1.54, 1.807) is 42.5 Å². The average molecular weight is 517 g/mol. The first-order valence-electron chi connectivity index (χ1n) is 12.8. The molecule has 0 fully saturated rings. The van der Waals surface area contributed by atoms with E-state index < -0.39 is 14.6 Å². The summed E-state index contributed by atoms with van der Waals surface area (Å²) >= 11 is 0. The number of para-hydroxylation sites is 1. The fraction of sp³-hybridized carbons (Fsp3) is 0.481. The molecule has 2 rings (SSSR count). The summed E-state index contributed by atoms with van der Waals surface area (Å²) in [5.74, 6) is -0.831. The van der Waals surface area contributed by atoms with Crippen molar-refractivity contribution in [2.24, 2.45) is 0 Å². The standard InChI is InChI=1S/C27H40N2O6Si/c1-6-29(7-2)24-18-13-17-23(26(24)31)25(30)21-15-11-12-16-22(21)27(32)28-19-14-20-36(33-8-3,34-9-4)35-10-5/h11-13,15-18,31H,6-10,14,19-20H2,1-5H3,(H,28,32). The summed E-state index contributed by atoms with van der Waals surface area (Å²) in [6.07, 6.45) is 0.612. The predicted molar refractivity (Wildman–Crippen MR) is 144 cm³/mol. The molecule has 0 bridgehead atoms. The number of nitrogens with one attached hydrogen (secondary N) is 1. The number of hydrogen-bond donors (Lipinski definition) is 2. The molecule has 198 valence electrons. The van der Waals surface area contributed by atoms with Gasteiger partial charge in [-0.3, -0.25) is 9.59 Å². The van der Waals surface area contributed by atoms with Crippen LogP contribution in [0.4, 0.5) is 5.69 Å². The third-order valence-electron chi connectivity index (χ3n) is 5.82. The van der Waals surface area contributed by atoms with E-state index in [2.05, 4.69) is 5.32 Å². The fourth-order valence-electron chi connectivity index (χ4n) is 4.16. The zero-order chi connectivity index (χ0) is 26.6. The Bertz CT molecular complexity index is 979. The minimum Gasteiger partial charge on any atom is -0.505 e. The average Bonchev–Trinajstić information content (AvgIpc) is 2.88. The maximum Gasteiger partial charge on any atom is 0.500 e. The third kappa shape index (κ3) is 7.39. The number of anilines is 1. The maximum absolute atomic E-state index is 13.4. The molecule has 0 radical (unpaired) electrons. The van der Waals surface area contributed by atoms with Crippen LogP contribution in [0.25, 0.3) is 0 Å². The van der Waals surface area contributed by atoms with Gasteiger partial charge >= 0.3 is 8.80 Å². The maximum atomic E-state index is 13.4. The second-order valence-corrected chi connectivity index (χ2v) is 10.8. The summed E-state index contributed by atoms with van der Waals surface area (Å²) in [6.45, 7) is 13.0. The summed E-state index contributed by atoms with van der Waals surface area (Å²) in [5, 5.41) is 13.8. The third-order valence-corrected chi connectivity index (χ3v) is 8.97. The molecular formula is C27H40N2O6Si. The van der Waals surface area contributed by atoms with E-state index in [4.69, 9.17) is 13.3 Å². The van der Waals surface area contributed by atoms with Crippen LogP contribution in [0.15, 0.2) is 42.5 Å². The molecule has 1 amide bonds. The second kappa shape index (κ2) is 14.7. The van der Waals surface area contributed by atoms with Gasteiger partial charge < -0.3 is 28.6 Å². The number of nitrogens with zero attached hydrogens (tertiary/aromatic N) is 1. The van der Waals surface area contributed by atoms with E-state index in [0.717, 1.165) is 0 Å². The molecule has 0 aromatic heterocycles. The number of hydrogen-bond acceptors (Lipinski definition) is 7. The van der Waals surface area contributed by atoms with Gasteiger partial charge in [0.2, 0.25) is 0 Å². The van der Waals surface area contributed by atoms with Gasteiger partial charge in [-0.05, 0) is 59.2 Å². The number of amides is 1. The van der Waals surface area contributed by atoms with Gasteiger partial charge in [-0.15, -0.1) is 0 Å². The molecule has 0 atom stereocenters. The Morgan fingerprint density at radius 2 is 1.39 bits per heavy atom. The van der Waals surface area contributed by atoms with Crippen molar-refractivity contribution in [3.63, 3.8) is 0 Å². The molecule has 0 aliphatic heterocycles. The number of phenols is 1. The number of carbonyl (C=O) groups excluding carboxylic acids is 2. The Kier molecular flexibility index (Phi) is 12.1. The molecule has 0 aliphatic carbocycles. The van der Waals surface area contributed by atoms with Crippen molar-refractivity contribution in [2.75, 3.05) is 44.4 Å². The molecule has 0 saturated carbocycles. The van der Waals surface area contributed by atoms with Crippen molar-refractivity contribution in [2.45, 2.75) is 47.1 Å². The van der Waals surface area contributed by atoms with Gasteiger partial charge in [-0.2, -0.15) is 0 Å². The zero-order valence-corrected chi connectivity index (χ0v) is 23.1. The van der Waals surface area contributed by atoms with Gasteiger partial charge in [0.25, 0.3) is 5.91 Å². The molecule has 2 aromatic rings. The molecule has 2 N–H and O–H groups in total. The molecule has 8 nitrogen and oxygen atoms in total. The van der Waals surface area contributed by atoms with Crippen LogP contribution in [0, 0.1) is 0 Å². The molecule has 36 heavy (non-hydrogen) atoms. The number of rotatable bonds is 16. The lowest BCUT2D eigenvalue weighted by Gasteiger charge is -2.28. The van der Waals surface area contributed by atoms with Gasteiger partial charge in [0.1, 0.15) is 5.75 Å². The molecule has 0 spiro atoms. The van der Waals surface area contributed by atoms with E-state index in [9.17, 15) is 14.7 Å². The van der Waals surface area contributed by atoms with E-state index in [-0.39, 0.29) is 28.3 Å². The van der Waals surface area contributed by atoms with Crippen LogP contribution in [0.2, 0.25) is 6.04 Å². The molecule has 0 unspecified atom stereocenters. The van der Waals surface area contributed by atoms with Crippen molar-refractivity contribution in [1.29, 1.82) is 0 Å². The van der Waals surface area contributed by atoms with Gasteiger partial charge in [-0.1, -0.05) is 24.3 Å². The number of carbonyl (C=O) groups is 2. The fourth-order valence-corrected chi connectivity index (χ4v) is 6.77. The Labute approximate surface area is 215 Å². The highest BCUT2D eigenvalue weighted by Gasteiger charge is 2.39. The first-order chi connectivity index (χ1) is 17.4. The summed E-state index contributed by atoms with van der Waals surface area (Å²) in [6, 6.07) is 12.3. The Hall–Kier alpha value is -2.72. The lowest BCUT2D eigenvalue weighted by atomic mass is 9.96. The van der Waals surface area contributed by atoms with E-state index in [1.165, 1.54) is 0 Å². The monoisotopic (exact) mass is 516 g/mol. The molecule has 0 heterocycles. The summed E-state index contributed by atoms with van der Waals surface area (Å²) in [5.41, 5.74) is 1.26. The Morgan fingerprint density at radius 3 is 1.94 bits per heavy atom. The van der Waals surface area contributed by atoms with Crippen LogP contribution >= 0.6 is 0 Å². The lowest BCUT2D eigenvalue weighted by molar-refractivity contribution is 0.0704. The van der Waals surface area contributed by atoms with Crippen molar-refractivity contribution in [1.82, 2.24) is 5.32 Å². The van der Waals surface area contributed by atoms with Crippen molar-refractivity contribution in [3.8, 4) is 5.75 Å². The first kappa shape index (κ1) is 29.5. The van der Waals surface area contributed by atoms with Gasteiger partial charge in [0.05, 0.1) is 16.8 Å². The SMILES string of the molecule is CCO[Si](CCCNC(=O)c1ccccc1C(=O)c1cccc(N(CC)CC)c1O)(OCC)OCC. The van der Waals surface area contributed by atoms with Crippen LogP contribution in [-0.2, 0) is 13.3 Å². The highest BCUT2D eigenvalue weighted by molar-refractivity contribution is 6.60. The largest absolute Gasteiger partial charge is 0.505 e. The summed E-state index contributed by atoms with van der Waals surface area (Å²) in [4.78, 5) is 28.4. The van der Waals surface area contributed by atoms with Crippen molar-refractivity contribution in [3.05, 3.63) is 59.2 Å². The summed E-state index contributed by atoms with van der Waals surface area (Å²) in [7, 11) is -2.78. The lowest BCUT2D eigenvalue weighted by Crippen LogP contribution is -2.46. The number of phenolic OH excluding ortho intramolecular Hbond substituents is 1. The van der Waals surface area contributed by atoms with Crippen LogP contribution in [0.5, 0.6) is 5.75 Å². The minimum atomic E-state index is -2.78. The van der Waals surface area contributed by atoms with Crippen LogP contribution in [0.3, 0.4) is 0 Å². The van der Waals surface area contributed by atoms with E-state index in [1.807, 2.05) is 39.5 Å². The predicted octanol–water partition coefficient (Wildman–Crippen LogP) is 4.64. The van der Waals surface area contributed by atoms with Gasteiger partial charge in [-0.25, -0.2) is 0 Å². The highest BCUT2D eigenvalue weighted by Crippen LogP contribution is 2.32. The first-order valence-corrected chi connectivity index (χ1v) is 14.7. The highest BCUT2D eigenvalue weighted by atomic mass is 28.4. The molecule has 2 aromatic carbocycles.